The van der Waals surface area contributed by atoms with Crippen LogP contribution < -0.4 is 10.6 Å². The zero-order chi connectivity index (χ0) is 41.9. The number of amides is 1. The summed E-state index contributed by atoms with van der Waals surface area (Å²) in [4.78, 5) is 39.4. The number of aromatic nitrogens is 3. The molecule has 2 saturated heterocycles. The highest BCUT2D eigenvalue weighted by molar-refractivity contribution is 6.06. The molecule has 3 N–H and O–H groups in total. The van der Waals surface area contributed by atoms with Gasteiger partial charge in [0.1, 0.15) is 29.2 Å². The second-order valence-corrected chi connectivity index (χ2v) is 15.9. The minimum absolute atomic E-state index is 0.0476. The van der Waals surface area contributed by atoms with E-state index in [0.29, 0.717) is 34.5 Å². The number of H-pyrrole nitrogens is 1. The summed E-state index contributed by atoms with van der Waals surface area (Å²) in [6.07, 6.45) is 2.27. The van der Waals surface area contributed by atoms with E-state index in [1.165, 1.54) is 44.3 Å². The molecule has 0 spiro atoms. The van der Waals surface area contributed by atoms with Gasteiger partial charge in [0, 0.05) is 35.4 Å². The van der Waals surface area contributed by atoms with Gasteiger partial charge in [-0.25, -0.2) is 23.5 Å². The molecular formula is C44H47F5N6O4. The highest BCUT2D eigenvalue weighted by Gasteiger charge is 2.44. The van der Waals surface area contributed by atoms with Crippen LogP contribution in [0.1, 0.15) is 73.0 Å². The molecule has 0 atom stereocenters. The van der Waals surface area contributed by atoms with E-state index in [4.69, 9.17) is 4.74 Å². The van der Waals surface area contributed by atoms with Crippen LogP contribution in [-0.2, 0) is 26.5 Å². The second kappa shape index (κ2) is 17.5. The Morgan fingerprint density at radius 1 is 0.932 bits per heavy atom. The number of halogens is 5. The van der Waals surface area contributed by atoms with Crippen LogP contribution in [-0.4, -0.2) is 76.7 Å². The zero-order valence-corrected chi connectivity index (χ0v) is 33.1. The number of benzene rings is 3. The van der Waals surface area contributed by atoms with Crippen LogP contribution in [0, 0.1) is 24.5 Å². The molecule has 59 heavy (non-hydrogen) atoms. The lowest BCUT2D eigenvalue weighted by atomic mass is 9.94. The summed E-state index contributed by atoms with van der Waals surface area (Å²) in [7, 11) is 0. The van der Waals surface area contributed by atoms with Crippen molar-refractivity contribution in [3.05, 3.63) is 101 Å². The quantitative estimate of drug-likeness (QED) is 0.0844. The Labute approximate surface area is 338 Å². The third kappa shape index (κ3) is 9.97. The molecule has 3 aromatic carbocycles. The monoisotopic (exact) mass is 818 g/mol. The third-order valence-electron chi connectivity index (χ3n) is 11.4. The molecule has 1 amide bonds. The normalized spacial score (nSPS) is 16.1. The first-order valence-corrected chi connectivity index (χ1v) is 19.8. The molecule has 5 aromatic rings. The Balaban J connectivity index is 1.00. The van der Waals surface area contributed by atoms with Gasteiger partial charge >= 0.3 is 12.1 Å². The first-order valence-electron chi connectivity index (χ1n) is 19.8. The van der Waals surface area contributed by atoms with Crippen molar-refractivity contribution in [1.29, 1.82) is 0 Å². The average molecular weight is 819 g/mol. The van der Waals surface area contributed by atoms with Gasteiger partial charge < -0.3 is 30.0 Å². The fraction of sp³-hybridized carbons (Fsp3) is 0.409. The summed E-state index contributed by atoms with van der Waals surface area (Å²) in [6, 6.07) is 15.4. The molecule has 0 unspecified atom stereocenters. The van der Waals surface area contributed by atoms with Crippen LogP contribution >= 0.6 is 0 Å². The van der Waals surface area contributed by atoms with Gasteiger partial charge in [0.15, 0.2) is 0 Å². The van der Waals surface area contributed by atoms with E-state index < -0.39 is 40.9 Å². The molecule has 0 saturated carbocycles. The first kappa shape index (κ1) is 41.9. The highest BCUT2D eigenvalue weighted by Crippen LogP contribution is 2.36. The lowest BCUT2D eigenvalue weighted by Crippen LogP contribution is -2.38. The van der Waals surface area contributed by atoms with Crippen LogP contribution in [0.15, 0.2) is 67.0 Å². The number of esters is 1. The summed E-state index contributed by atoms with van der Waals surface area (Å²) < 4.78 is 79.6. The van der Waals surface area contributed by atoms with Gasteiger partial charge in [0.25, 0.3) is 5.91 Å². The topological polar surface area (TPSA) is 121 Å². The van der Waals surface area contributed by atoms with Crippen molar-refractivity contribution in [2.75, 3.05) is 38.0 Å². The number of carbonyl (C=O) groups is 2. The predicted molar refractivity (Wildman–Crippen MR) is 213 cm³/mol. The molecule has 7 rings (SSSR count). The maximum absolute atomic E-state index is 15.2. The molecule has 2 aliphatic heterocycles. The predicted octanol–water partition coefficient (Wildman–Crippen LogP) is 8.84. The van der Waals surface area contributed by atoms with Crippen LogP contribution in [0.2, 0.25) is 0 Å². The molecular weight excluding hydrogens is 772 g/mol. The zero-order valence-electron chi connectivity index (χ0n) is 33.1. The Morgan fingerprint density at radius 3 is 2.36 bits per heavy atom. The van der Waals surface area contributed by atoms with Crippen molar-refractivity contribution in [2.45, 2.75) is 77.4 Å². The minimum Gasteiger partial charge on any atom is -0.448 e. The SMILES string of the molecule is Cc1c(NC(=O)c2ccc(C(C)(C)OC(=O)C(F)(F)F)cc2F)cc(F)cc1-c1ncnc2[nH]c(-c3ccc(COC4CCN(CCC5CCNCC5)CC4)cc3)cc12. The van der Waals surface area contributed by atoms with Crippen molar-refractivity contribution >= 4 is 28.6 Å². The average Bonchev–Trinajstić information content (AvgIpc) is 3.66. The number of fused-ring (bicyclic) bond motifs is 1. The van der Waals surface area contributed by atoms with Gasteiger partial charge in [0.2, 0.25) is 0 Å². The van der Waals surface area contributed by atoms with Crippen molar-refractivity contribution in [3.8, 4) is 22.5 Å². The summed E-state index contributed by atoms with van der Waals surface area (Å²) in [5.41, 5.74) is 2.06. The number of nitrogens with zero attached hydrogens (tertiary/aromatic N) is 3. The van der Waals surface area contributed by atoms with E-state index in [0.717, 1.165) is 93.8 Å². The molecule has 0 bridgehead atoms. The number of carbonyl (C=O) groups excluding carboxylic acids is 2. The molecule has 2 aliphatic rings. The Hall–Kier alpha value is -5.25. The van der Waals surface area contributed by atoms with Crippen molar-refractivity contribution in [3.63, 3.8) is 0 Å². The van der Waals surface area contributed by atoms with Gasteiger partial charge in [0.05, 0.1) is 24.0 Å². The van der Waals surface area contributed by atoms with E-state index in [1.54, 1.807) is 6.92 Å². The first-order chi connectivity index (χ1) is 28.1. The summed E-state index contributed by atoms with van der Waals surface area (Å²) in [5, 5.41) is 6.60. The lowest BCUT2D eigenvalue weighted by molar-refractivity contribution is -0.212. The van der Waals surface area contributed by atoms with Crippen LogP contribution in [0.4, 0.5) is 27.6 Å². The molecule has 312 valence electrons. The molecule has 2 fully saturated rings. The second-order valence-electron chi connectivity index (χ2n) is 15.9. The third-order valence-corrected chi connectivity index (χ3v) is 11.4. The van der Waals surface area contributed by atoms with Crippen LogP contribution in [0.25, 0.3) is 33.5 Å². The number of hydrogen-bond donors (Lipinski definition) is 3. The van der Waals surface area contributed by atoms with Gasteiger partial charge in [-0.2, -0.15) is 13.2 Å². The molecule has 10 nitrogen and oxygen atoms in total. The number of likely N-dealkylation sites (tertiary alicyclic amines) is 1. The maximum atomic E-state index is 15.2. The van der Waals surface area contributed by atoms with E-state index in [1.807, 2.05) is 30.3 Å². The van der Waals surface area contributed by atoms with Gasteiger partial charge in [-0.05, 0) is 131 Å². The number of piperidine rings is 2. The van der Waals surface area contributed by atoms with E-state index >= 15 is 8.78 Å². The summed E-state index contributed by atoms with van der Waals surface area (Å²) in [5.74, 6) is -4.31. The summed E-state index contributed by atoms with van der Waals surface area (Å²) >= 11 is 0. The lowest BCUT2D eigenvalue weighted by Gasteiger charge is -2.33. The minimum atomic E-state index is -5.25. The maximum Gasteiger partial charge on any atom is 0.490 e. The smallest absolute Gasteiger partial charge is 0.448 e. The van der Waals surface area contributed by atoms with Crippen molar-refractivity contribution in [1.82, 2.24) is 25.2 Å². The van der Waals surface area contributed by atoms with Crippen molar-refractivity contribution in [2.24, 2.45) is 5.92 Å². The largest absolute Gasteiger partial charge is 0.490 e. The fourth-order valence-corrected chi connectivity index (χ4v) is 7.81. The highest BCUT2D eigenvalue weighted by atomic mass is 19.4. The number of nitrogens with one attached hydrogen (secondary N) is 3. The van der Waals surface area contributed by atoms with Crippen LogP contribution in [0.3, 0.4) is 0 Å². The standard InChI is InChI=1S/C44H47F5N6O4/c1-26-34(21-31(45)22-37(26)54-41(56)33-9-8-30(20-36(33)46)43(2,3)59-42(57)44(47,48)49)39-35-23-38(53-40(35)52-25-51-39)29-6-4-28(5-7-29)24-58-32-13-18-55(19-14-32)17-12-27-10-15-50-16-11-27/h4-9,20-23,25,27,32,50H,10-19,24H2,1-3H3,(H,54,56)(H,51,52,53). The fourth-order valence-electron chi connectivity index (χ4n) is 7.81. The number of rotatable bonds is 12. The molecule has 2 aromatic heterocycles. The molecule has 0 radical (unpaired) electrons. The number of anilines is 1. The number of hydrogen-bond acceptors (Lipinski definition) is 8. The Kier molecular flexibility index (Phi) is 12.5. The van der Waals surface area contributed by atoms with Crippen molar-refractivity contribution < 1.29 is 41.0 Å². The Bertz CT molecular complexity index is 2300. The number of alkyl halides is 3. The Morgan fingerprint density at radius 2 is 1.66 bits per heavy atom. The van der Waals surface area contributed by atoms with Gasteiger partial charge in [-0.1, -0.05) is 30.3 Å². The molecule has 0 aliphatic carbocycles. The van der Waals surface area contributed by atoms with Crippen LogP contribution in [0.5, 0.6) is 0 Å². The molecule has 15 heteroatoms. The number of ether oxygens (including phenoxy) is 2. The van der Waals surface area contributed by atoms with Gasteiger partial charge in [-0.3, -0.25) is 4.79 Å². The van der Waals surface area contributed by atoms with Gasteiger partial charge in [-0.15, -0.1) is 0 Å². The summed E-state index contributed by atoms with van der Waals surface area (Å²) in [6.45, 7) is 10.1. The van der Waals surface area contributed by atoms with E-state index in [2.05, 4.69) is 35.2 Å². The molecule has 4 heterocycles. The van der Waals surface area contributed by atoms with E-state index in [9.17, 15) is 22.8 Å². The van der Waals surface area contributed by atoms with E-state index in [-0.39, 0.29) is 17.4 Å². The number of aromatic amines is 1.